The fraction of sp³-hybridized carbons (Fsp3) is 0.538. The summed E-state index contributed by atoms with van der Waals surface area (Å²) in [5.74, 6) is 1.78. The summed E-state index contributed by atoms with van der Waals surface area (Å²) in [6.45, 7) is -2.59. The molecule has 1 fully saturated rings. The highest BCUT2D eigenvalue weighted by Gasteiger charge is 2.17. The lowest BCUT2D eigenvalue weighted by Crippen LogP contribution is -2.34. The number of hydrogen-bond donors (Lipinski definition) is 1. The molecule has 2 aliphatic heterocycles. The topological polar surface area (TPSA) is 39.7 Å². The van der Waals surface area contributed by atoms with Gasteiger partial charge in [-0.2, -0.15) is 0 Å². The molecular formula is C13H17NO3. The lowest BCUT2D eigenvalue weighted by atomic mass is 10.1. The van der Waals surface area contributed by atoms with E-state index in [-0.39, 0.29) is 12.8 Å². The number of ether oxygens (including phenoxy) is 3. The van der Waals surface area contributed by atoms with Crippen molar-refractivity contribution in [1.82, 2.24) is 5.32 Å². The Labute approximate surface area is 106 Å². The number of rotatable bonds is 2. The zero-order valence-electron chi connectivity index (χ0n) is 13.4. The molecule has 0 unspecified atom stereocenters. The normalized spacial score (nSPS) is 29.4. The first-order valence-corrected chi connectivity index (χ1v) is 5.69. The molecule has 0 saturated carbocycles. The van der Waals surface area contributed by atoms with Crippen molar-refractivity contribution in [2.45, 2.75) is 18.9 Å². The Kier molecular flexibility index (Phi) is 2.02. The molecule has 1 aromatic rings. The number of piperidine rings is 1. The van der Waals surface area contributed by atoms with Crippen molar-refractivity contribution in [3.8, 4) is 17.2 Å². The van der Waals surface area contributed by atoms with Crippen LogP contribution in [0.4, 0.5) is 0 Å². The van der Waals surface area contributed by atoms with Crippen molar-refractivity contribution in [3.05, 3.63) is 18.2 Å². The van der Waals surface area contributed by atoms with Crippen molar-refractivity contribution in [2.75, 3.05) is 26.2 Å². The largest absolute Gasteiger partial charge is 0.490 e. The molecule has 0 atom stereocenters. The Morgan fingerprint density at radius 2 is 1.94 bits per heavy atom. The third kappa shape index (κ3) is 2.47. The average Bonchev–Trinajstić information content (AvgIpc) is 2.34. The number of hydrogen-bond acceptors (Lipinski definition) is 4. The van der Waals surface area contributed by atoms with Crippen molar-refractivity contribution in [3.63, 3.8) is 0 Å². The number of nitrogens with one attached hydrogen (secondary N) is 1. The molecule has 0 aliphatic carbocycles. The van der Waals surface area contributed by atoms with Gasteiger partial charge in [-0.3, -0.25) is 0 Å². The summed E-state index contributed by atoms with van der Waals surface area (Å²) in [4.78, 5) is 0. The lowest BCUT2D eigenvalue weighted by molar-refractivity contribution is 0.154. The van der Waals surface area contributed by atoms with Gasteiger partial charge in [-0.25, -0.2) is 0 Å². The highest BCUT2D eigenvalue weighted by Crippen LogP contribution is 2.34. The maximum atomic E-state index is 7.72. The summed E-state index contributed by atoms with van der Waals surface area (Å²) in [5, 5.41) is 2.34. The van der Waals surface area contributed by atoms with Gasteiger partial charge in [0.25, 0.3) is 0 Å². The molecule has 0 amide bonds. The van der Waals surface area contributed by atoms with Crippen LogP contribution < -0.4 is 19.5 Å². The van der Waals surface area contributed by atoms with E-state index < -0.39 is 19.1 Å². The SMILES string of the molecule is [2H]C1([2H])CC(Oc2ccc3c(c2)OCCO3)CC([2H])([2H])N1. The average molecular weight is 239 g/mol. The molecule has 0 spiro atoms. The van der Waals surface area contributed by atoms with Crippen LogP contribution in [0, 0.1) is 0 Å². The van der Waals surface area contributed by atoms with Crippen LogP contribution in [0.2, 0.25) is 0 Å². The van der Waals surface area contributed by atoms with E-state index in [9.17, 15) is 0 Å². The summed E-state index contributed by atoms with van der Waals surface area (Å²) in [5.41, 5.74) is 0. The van der Waals surface area contributed by atoms with Gasteiger partial charge in [-0.1, -0.05) is 0 Å². The van der Waals surface area contributed by atoms with Gasteiger partial charge < -0.3 is 19.5 Å². The summed E-state index contributed by atoms with van der Waals surface area (Å²) in [6.07, 6.45) is -0.374. The molecule has 0 radical (unpaired) electrons. The molecule has 0 bridgehead atoms. The van der Waals surface area contributed by atoms with E-state index in [2.05, 4.69) is 5.32 Å². The first-order chi connectivity index (χ1) is 9.83. The van der Waals surface area contributed by atoms with Gasteiger partial charge in [0.2, 0.25) is 0 Å². The molecule has 2 heterocycles. The second-order valence-electron chi connectivity index (χ2n) is 3.93. The van der Waals surface area contributed by atoms with Crippen molar-refractivity contribution < 1.29 is 19.7 Å². The molecule has 0 aromatic heterocycles. The maximum Gasteiger partial charge on any atom is 0.165 e. The minimum Gasteiger partial charge on any atom is -0.490 e. The predicted molar refractivity (Wildman–Crippen MR) is 64.0 cm³/mol. The molecule has 1 saturated heterocycles. The Bertz CT molecular complexity index is 522. The van der Waals surface area contributed by atoms with Crippen LogP contribution in [-0.4, -0.2) is 32.3 Å². The number of benzene rings is 1. The fourth-order valence-corrected chi connectivity index (χ4v) is 1.84. The summed E-state index contributed by atoms with van der Waals surface area (Å²) in [6, 6.07) is 5.16. The van der Waals surface area contributed by atoms with E-state index in [4.69, 9.17) is 19.7 Å². The number of fused-ring (bicyclic) bond motifs is 1. The van der Waals surface area contributed by atoms with Gasteiger partial charge in [0, 0.05) is 11.5 Å². The van der Waals surface area contributed by atoms with Crippen LogP contribution in [0.15, 0.2) is 18.2 Å². The Morgan fingerprint density at radius 3 is 2.76 bits per heavy atom. The van der Waals surface area contributed by atoms with E-state index >= 15 is 0 Å². The first-order valence-electron chi connectivity index (χ1n) is 7.69. The standard InChI is InChI=1S/C13H17NO3/c1-2-12-13(16-8-7-15-12)9-11(1)17-10-3-5-14-6-4-10/h1-2,9-10,14H,3-8H2/i5D2,6D2. The van der Waals surface area contributed by atoms with Crippen LogP contribution in [0.3, 0.4) is 0 Å². The molecule has 92 valence electrons. The van der Waals surface area contributed by atoms with Gasteiger partial charge in [0.1, 0.15) is 25.1 Å². The molecule has 4 heteroatoms. The summed E-state index contributed by atoms with van der Waals surface area (Å²) in [7, 11) is 0. The van der Waals surface area contributed by atoms with Crippen molar-refractivity contribution in [2.24, 2.45) is 0 Å². The quantitative estimate of drug-likeness (QED) is 0.850. The van der Waals surface area contributed by atoms with Gasteiger partial charge in [-0.15, -0.1) is 0 Å². The molecular weight excluding hydrogens is 218 g/mol. The molecule has 17 heavy (non-hydrogen) atoms. The third-order valence-electron chi connectivity index (χ3n) is 2.65. The highest BCUT2D eigenvalue weighted by atomic mass is 16.6. The van der Waals surface area contributed by atoms with E-state index in [0.717, 1.165) is 0 Å². The van der Waals surface area contributed by atoms with E-state index in [1.807, 2.05) is 0 Å². The predicted octanol–water partition coefficient (Wildman–Crippen LogP) is 1.59. The lowest BCUT2D eigenvalue weighted by Gasteiger charge is -2.25. The molecule has 4 nitrogen and oxygen atoms in total. The van der Waals surface area contributed by atoms with Gasteiger partial charge >= 0.3 is 0 Å². The Balaban J connectivity index is 1.74. The third-order valence-corrected chi connectivity index (χ3v) is 2.65. The zero-order chi connectivity index (χ0) is 15.1. The minimum absolute atomic E-state index is 0.0843. The van der Waals surface area contributed by atoms with Crippen LogP contribution >= 0.6 is 0 Å². The van der Waals surface area contributed by atoms with E-state index in [0.29, 0.717) is 30.5 Å². The van der Waals surface area contributed by atoms with Crippen LogP contribution in [0.1, 0.15) is 18.3 Å². The fourth-order valence-electron chi connectivity index (χ4n) is 1.84. The Morgan fingerprint density at radius 1 is 1.18 bits per heavy atom. The van der Waals surface area contributed by atoms with Gasteiger partial charge in [0.05, 0.1) is 0 Å². The maximum absolute atomic E-state index is 7.72. The smallest absolute Gasteiger partial charge is 0.165 e. The van der Waals surface area contributed by atoms with Gasteiger partial charge in [-0.05, 0) is 38.0 Å². The van der Waals surface area contributed by atoms with Crippen molar-refractivity contribution in [1.29, 1.82) is 0 Å². The monoisotopic (exact) mass is 239 g/mol. The van der Waals surface area contributed by atoms with Crippen molar-refractivity contribution >= 4 is 0 Å². The molecule has 3 rings (SSSR count). The first kappa shape index (κ1) is 7.11. The minimum atomic E-state index is -1.79. The Hall–Kier alpha value is -1.42. The second kappa shape index (κ2) is 4.84. The second-order valence-corrected chi connectivity index (χ2v) is 3.93. The molecule has 1 aromatic carbocycles. The van der Waals surface area contributed by atoms with E-state index in [1.165, 1.54) is 0 Å². The van der Waals surface area contributed by atoms with Crippen LogP contribution in [0.25, 0.3) is 0 Å². The summed E-state index contributed by atoms with van der Waals surface area (Å²) < 4.78 is 47.5. The van der Waals surface area contributed by atoms with E-state index in [1.54, 1.807) is 18.2 Å². The zero-order valence-corrected chi connectivity index (χ0v) is 9.36. The van der Waals surface area contributed by atoms with Crippen LogP contribution in [0.5, 0.6) is 17.2 Å². The van der Waals surface area contributed by atoms with Crippen LogP contribution in [-0.2, 0) is 0 Å². The molecule has 1 N–H and O–H groups in total. The summed E-state index contributed by atoms with van der Waals surface area (Å²) >= 11 is 0. The highest BCUT2D eigenvalue weighted by molar-refractivity contribution is 5.46. The van der Waals surface area contributed by atoms with Gasteiger partial charge in [0.15, 0.2) is 11.5 Å². The molecule has 2 aliphatic rings.